The highest BCUT2D eigenvalue weighted by Gasteiger charge is 2.32. The first-order valence-corrected chi connectivity index (χ1v) is 17.3. The summed E-state index contributed by atoms with van der Waals surface area (Å²) in [6.07, 6.45) is 0.694. The minimum atomic E-state index is -1.26. The Balaban J connectivity index is 3.03. The molecule has 52 heavy (non-hydrogen) atoms. The molecular weight excluding hydrogens is 676 g/mol. The lowest BCUT2D eigenvalue weighted by Gasteiger charge is -2.27. The van der Waals surface area contributed by atoms with Crippen molar-refractivity contribution in [3.8, 4) is 0 Å². The highest BCUT2D eigenvalue weighted by Crippen LogP contribution is 2.11. The number of amides is 6. The van der Waals surface area contributed by atoms with Gasteiger partial charge in [-0.2, -0.15) is 0 Å². The number of nitrogens with one attached hydrogen (secondary N) is 5. The van der Waals surface area contributed by atoms with Crippen LogP contribution in [-0.2, 0) is 40.0 Å². The normalized spacial score (nSPS) is 14.3. The topological polar surface area (TPSA) is 316 Å². The first kappa shape index (κ1) is 44.8. The van der Waals surface area contributed by atoms with Gasteiger partial charge in [0.05, 0.1) is 12.6 Å². The molecule has 0 bridgehead atoms. The van der Waals surface area contributed by atoms with Crippen molar-refractivity contribution in [2.45, 2.75) is 103 Å². The summed E-state index contributed by atoms with van der Waals surface area (Å²) in [6.45, 7) is 6.63. The fourth-order valence-electron chi connectivity index (χ4n) is 5.01. The quantitative estimate of drug-likeness (QED) is 0.0318. The Morgan fingerprint density at radius 2 is 1.38 bits per heavy atom. The van der Waals surface area contributed by atoms with E-state index in [4.69, 9.17) is 22.9 Å². The van der Waals surface area contributed by atoms with Crippen LogP contribution in [0.25, 0.3) is 0 Å². The average Bonchev–Trinajstić information content (AvgIpc) is 3.08. The number of rotatable bonds is 24. The summed E-state index contributed by atoms with van der Waals surface area (Å²) in [6, 6.07) is 3.20. The number of guanidine groups is 1. The third-order valence-electron chi connectivity index (χ3n) is 8.08. The monoisotopic (exact) mass is 732 g/mol. The number of aliphatic imine (C=N–C) groups is 1. The van der Waals surface area contributed by atoms with Gasteiger partial charge < -0.3 is 54.6 Å². The van der Waals surface area contributed by atoms with Crippen molar-refractivity contribution in [2.24, 2.45) is 39.8 Å². The second kappa shape index (κ2) is 23.3. The molecule has 0 fully saturated rings. The first-order chi connectivity index (χ1) is 24.4. The summed E-state index contributed by atoms with van der Waals surface area (Å²) in [5, 5.41) is 22.2. The van der Waals surface area contributed by atoms with Crippen molar-refractivity contribution >= 4 is 47.4 Å². The summed E-state index contributed by atoms with van der Waals surface area (Å²) >= 11 is 0. The molecule has 1 rings (SSSR count). The molecule has 0 aromatic heterocycles. The number of hydrogen-bond acceptors (Lipinski definition) is 9. The van der Waals surface area contributed by atoms with E-state index < -0.39 is 84.1 Å². The van der Waals surface area contributed by atoms with Crippen molar-refractivity contribution in [1.29, 1.82) is 0 Å². The van der Waals surface area contributed by atoms with Crippen LogP contribution in [0.2, 0.25) is 0 Å². The molecule has 0 saturated carbocycles. The Morgan fingerprint density at radius 1 is 0.788 bits per heavy atom. The predicted octanol–water partition coefficient (Wildman–Crippen LogP) is -1.89. The zero-order valence-corrected chi connectivity index (χ0v) is 30.4. The predicted molar refractivity (Wildman–Crippen MR) is 194 cm³/mol. The second-order valence-corrected chi connectivity index (χ2v) is 13.0. The lowest BCUT2D eigenvalue weighted by molar-refractivity contribution is -0.142. The molecule has 18 nitrogen and oxygen atoms in total. The lowest BCUT2D eigenvalue weighted by Crippen LogP contribution is -2.58. The van der Waals surface area contributed by atoms with Crippen LogP contribution in [0, 0.1) is 11.8 Å². The summed E-state index contributed by atoms with van der Waals surface area (Å²) in [4.78, 5) is 93.0. The number of carbonyl (C=O) groups is 7. The molecule has 14 N–H and O–H groups in total. The van der Waals surface area contributed by atoms with Gasteiger partial charge in [-0.1, -0.05) is 64.4 Å². The number of benzene rings is 1. The number of carboxylic acids is 1. The molecule has 0 aliphatic rings. The van der Waals surface area contributed by atoms with Crippen molar-refractivity contribution in [1.82, 2.24) is 26.6 Å². The van der Waals surface area contributed by atoms with E-state index in [1.165, 1.54) is 0 Å². The summed E-state index contributed by atoms with van der Waals surface area (Å²) in [7, 11) is 0. The van der Waals surface area contributed by atoms with Gasteiger partial charge in [0.15, 0.2) is 5.96 Å². The number of carbonyl (C=O) groups excluding carboxylic acids is 6. The van der Waals surface area contributed by atoms with Gasteiger partial charge in [0.1, 0.15) is 24.2 Å². The molecular formula is C34H56N10O8. The van der Waals surface area contributed by atoms with Gasteiger partial charge in [-0.25, -0.2) is 4.79 Å². The average molecular weight is 733 g/mol. The molecule has 0 spiro atoms. The lowest BCUT2D eigenvalue weighted by atomic mass is 9.97. The Morgan fingerprint density at radius 3 is 1.94 bits per heavy atom. The maximum atomic E-state index is 13.4. The molecule has 18 heteroatoms. The fraction of sp³-hybridized carbons (Fsp3) is 0.588. The number of nitrogens with two attached hydrogens (primary N) is 4. The summed E-state index contributed by atoms with van der Waals surface area (Å²) < 4.78 is 0. The van der Waals surface area contributed by atoms with Crippen LogP contribution in [0.5, 0.6) is 0 Å². The first-order valence-electron chi connectivity index (χ1n) is 17.3. The molecule has 0 unspecified atom stereocenters. The maximum absolute atomic E-state index is 13.4. The number of hydrogen-bond donors (Lipinski definition) is 10. The van der Waals surface area contributed by atoms with Crippen molar-refractivity contribution in [2.75, 3.05) is 13.1 Å². The molecule has 0 heterocycles. The fourth-order valence-corrected chi connectivity index (χ4v) is 5.01. The van der Waals surface area contributed by atoms with Gasteiger partial charge in [-0.05, 0) is 49.5 Å². The van der Waals surface area contributed by atoms with E-state index in [1.54, 1.807) is 52.0 Å². The van der Waals surface area contributed by atoms with Crippen molar-refractivity contribution in [3.63, 3.8) is 0 Å². The van der Waals surface area contributed by atoms with E-state index in [1.807, 2.05) is 6.07 Å². The Bertz CT molecular complexity index is 1390. The van der Waals surface area contributed by atoms with Crippen LogP contribution in [0.4, 0.5) is 0 Å². The van der Waals surface area contributed by atoms with Crippen LogP contribution in [0.3, 0.4) is 0 Å². The van der Waals surface area contributed by atoms with E-state index in [9.17, 15) is 38.7 Å². The van der Waals surface area contributed by atoms with Gasteiger partial charge in [0.2, 0.25) is 35.4 Å². The zero-order chi connectivity index (χ0) is 39.4. The minimum absolute atomic E-state index is 0.0441. The number of aliphatic carboxylic acids is 1. The van der Waals surface area contributed by atoms with Crippen LogP contribution in [-0.4, -0.2) is 95.8 Å². The minimum Gasteiger partial charge on any atom is -0.480 e. The smallest absolute Gasteiger partial charge is 0.326 e. The largest absolute Gasteiger partial charge is 0.480 e. The number of primary amides is 1. The summed E-state index contributed by atoms with van der Waals surface area (Å²) in [5.41, 5.74) is 22.9. The van der Waals surface area contributed by atoms with E-state index in [2.05, 4.69) is 31.6 Å². The Hall–Kier alpha value is -5.26. The van der Waals surface area contributed by atoms with E-state index in [0.717, 1.165) is 5.56 Å². The molecule has 1 aromatic rings. The summed E-state index contributed by atoms with van der Waals surface area (Å²) in [5.74, 6) is -6.23. The molecule has 290 valence electrons. The molecule has 1 aromatic carbocycles. The van der Waals surface area contributed by atoms with Crippen molar-refractivity contribution in [3.05, 3.63) is 35.9 Å². The highest BCUT2D eigenvalue weighted by molar-refractivity contribution is 5.95. The second-order valence-electron chi connectivity index (χ2n) is 13.0. The molecule has 0 saturated heterocycles. The molecule has 0 aliphatic carbocycles. The maximum Gasteiger partial charge on any atom is 0.326 e. The van der Waals surface area contributed by atoms with Gasteiger partial charge >= 0.3 is 5.97 Å². The van der Waals surface area contributed by atoms with Gasteiger partial charge in [-0.3, -0.25) is 33.8 Å². The van der Waals surface area contributed by atoms with E-state index in [-0.39, 0.29) is 56.9 Å². The third-order valence-corrected chi connectivity index (χ3v) is 8.08. The number of carboxylic acid groups (broad SMARTS) is 1. The van der Waals surface area contributed by atoms with E-state index >= 15 is 0 Å². The van der Waals surface area contributed by atoms with Crippen LogP contribution < -0.4 is 49.5 Å². The Labute approximate surface area is 304 Å². The standard InChI is InChI=1S/C34H56N10O8/c1-5-20(4)28(44-31(49)24(13-14-26(36)45)42-29(47)22(35)17-21-10-7-6-8-11-21)32(50)40-18-27(46)41-23(12-9-15-39-34(37)38)30(48)43-25(33(51)52)16-19(2)3/h6-8,10-11,19-20,22-25,28H,5,9,12-18,35H2,1-4H3,(H2,36,45)(H,40,50)(H,41,46)(H,42,47)(H,43,48)(H,44,49)(H,51,52)(H4,37,38,39)/t20-,22-,23-,24-,25-,28-/m0/s1. The van der Waals surface area contributed by atoms with Crippen LogP contribution in [0.1, 0.15) is 71.8 Å². The van der Waals surface area contributed by atoms with Gasteiger partial charge in [-0.15, -0.1) is 0 Å². The third kappa shape index (κ3) is 17.6. The van der Waals surface area contributed by atoms with Gasteiger partial charge in [0, 0.05) is 13.0 Å². The molecule has 6 atom stereocenters. The van der Waals surface area contributed by atoms with Crippen LogP contribution >= 0.6 is 0 Å². The van der Waals surface area contributed by atoms with Crippen LogP contribution in [0.15, 0.2) is 35.3 Å². The Kier molecular flexibility index (Phi) is 20.0. The highest BCUT2D eigenvalue weighted by atomic mass is 16.4. The SMILES string of the molecule is CC[C@H](C)[C@H](NC(=O)[C@H](CCC(N)=O)NC(=O)[C@@H](N)Cc1ccccc1)C(=O)NCC(=O)N[C@@H](CCCN=C(N)N)C(=O)N[C@@H](CC(C)C)C(=O)O. The zero-order valence-electron chi connectivity index (χ0n) is 30.4. The van der Waals surface area contributed by atoms with E-state index in [0.29, 0.717) is 6.42 Å². The van der Waals surface area contributed by atoms with Crippen molar-refractivity contribution < 1.29 is 38.7 Å². The molecule has 0 radical (unpaired) electrons. The molecule has 0 aliphatic heterocycles. The number of nitrogens with zero attached hydrogens (tertiary/aromatic N) is 1. The molecule has 6 amide bonds. The van der Waals surface area contributed by atoms with Gasteiger partial charge in [0.25, 0.3) is 0 Å².